The Balaban J connectivity index is 2.20. The molecule has 0 aromatic rings. The van der Waals surface area contributed by atoms with Gasteiger partial charge in [0.15, 0.2) is 0 Å². The predicted octanol–water partition coefficient (Wildman–Crippen LogP) is -0.217. The Morgan fingerprint density at radius 2 is 2.27 bits per heavy atom. The average Bonchev–Trinajstić information content (AvgIpc) is 2.17. The summed E-state index contributed by atoms with van der Waals surface area (Å²) in [7, 11) is 2.00. The predicted molar refractivity (Wildman–Crippen MR) is 40.2 cm³/mol. The van der Waals surface area contributed by atoms with E-state index in [0.717, 1.165) is 6.42 Å². The van der Waals surface area contributed by atoms with Crippen molar-refractivity contribution in [2.45, 2.75) is 37.5 Å². The third-order valence-electron chi connectivity index (χ3n) is 2.96. The molecule has 3 heteroatoms. The lowest BCUT2D eigenvalue weighted by Crippen LogP contribution is -2.42. The summed E-state index contributed by atoms with van der Waals surface area (Å²) < 4.78 is 0. The third-order valence-corrected chi connectivity index (χ3v) is 2.96. The Morgan fingerprint density at radius 3 is 2.91 bits per heavy atom. The quantitative estimate of drug-likeness (QED) is 0.526. The zero-order valence-electron chi connectivity index (χ0n) is 6.66. The number of Topliss-reactive ketones (excluding diaryl/α,β-unsaturated/α-hetero) is 1. The first-order chi connectivity index (χ1) is 5.18. The number of hydrogen-bond donors (Lipinski definition) is 1. The van der Waals surface area contributed by atoms with Gasteiger partial charge in [0, 0.05) is 24.9 Å². The number of rotatable bonds is 0. The maximum Gasteiger partial charge on any atom is 0.136 e. The minimum atomic E-state index is -0.267. The van der Waals surface area contributed by atoms with Crippen molar-refractivity contribution in [3.8, 4) is 0 Å². The summed E-state index contributed by atoms with van der Waals surface area (Å²) in [5, 5.41) is 9.49. The highest BCUT2D eigenvalue weighted by Crippen LogP contribution is 2.32. The molecule has 0 saturated carbocycles. The second kappa shape index (κ2) is 2.29. The molecule has 62 valence electrons. The second-order valence-electron chi connectivity index (χ2n) is 3.64. The number of piperidine rings is 1. The normalized spacial score (nSPS) is 44.9. The van der Waals surface area contributed by atoms with Crippen molar-refractivity contribution in [3.05, 3.63) is 0 Å². The van der Waals surface area contributed by atoms with Gasteiger partial charge in [0.25, 0.3) is 0 Å². The largest absolute Gasteiger partial charge is 0.391 e. The number of hydrogen-bond acceptors (Lipinski definition) is 3. The first-order valence-electron chi connectivity index (χ1n) is 4.10. The van der Waals surface area contributed by atoms with E-state index in [1.807, 2.05) is 7.05 Å². The number of carbonyl (C=O) groups is 1. The summed E-state index contributed by atoms with van der Waals surface area (Å²) in [6, 6.07) is 0.428. The maximum absolute atomic E-state index is 11.1. The van der Waals surface area contributed by atoms with E-state index in [0.29, 0.717) is 24.7 Å². The zero-order chi connectivity index (χ0) is 8.01. The van der Waals surface area contributed by atoms with Crippen molar-refractivity contribution >= 4 is 5.78 Å². The van der Waals surface area contributed by atoms with Gasteiger partial charge in [-0.3, -0.25) is 9.69 Å². The number of likely N-dealkylation sites (N-methyl/N-ethyl adjacent to an activating group) is 1. The number of aliphatic hydroxyl groups is 1. The molecule has 0 radical (unpaired) electrons. The van der Waals surface area contributed by atoms with E-state index in [2.05, 4.69) is 4.90 Å². The average molecular weight is 155 g/mol. The molecule has 3 nitrogen and oxygen atoms in total. The van der Waals surface area contributed by atoms with Crippen LogP contribution in [0.25, 0.3) is 0 Å². The van der Waals surface area contributed by atoms with Gasteiger partial charge in [-0.05, 0) is 13.5 Å². The fraction of sp³-hybridized carbons (Fsp3) is 0.875. The summed E-state index contributed by atoms with van der Waals surface area (Å²) in [6.07, 6.45) is 1.71. The molecule has 0 aliphatic carbocycles. The van der Waals surface area contributed by atoms with Crippen molar-refractivity contribution in [3.63, 3.8) is 0 Å². The molecule has 2 bridgehead atoms. The van der Waals surface area contributed by atoms with E-state index in [-0.39, 0.29) is 12.1 Å². The summed E-state index contributed by atoms with van der Waals surface area (Å²) >= 11 is 0. The van der Waals surface area contributed by atoms with Gasteiger partial charge in [0.2, 0.25) is 0 Å². The summed E-state index contributed by atoms with van der Waals surface area (Å²) in [5.74, 6) is 0.314. The smallest absolute Gasteiger partial charge is 0.136 e. The molecule has 0 amide bonds. The van der Waals surface area contributed by atoms with Crippen LogP contribution in [0.15, 0.2) is 0 Å². The number of carbonyl (C=O) groups excluding carboxylic acids is 1. The lowest BCUT2D eigenvalue weighted by atomic mass is 10.0. The molecule has 3 atom stereocenters. The molecule has 2 aliphatic heterocycles. The molecule has 0 spiro atoms. The molecule has 2 fully saturated rings. The highest BCUT2D eigenvalue weighted by atomic mass is 16.3. The number of ketones is 1. The topological polar surface area (TPSA) is 40.5 Å². The van der Waals surface area contributed by atoms with Crippen LogP contribution < -0.4 is 0 Å². The van der Waals surface area contributed by atoms with Crippen LogP contribution >= 0.6 is 0 Å². The van der Waals surface area contributed by atoms with Gasteiger partial charge in [-0.1, -0.05) is 0 Å². The third kappa shape index (κ3) is 0.993. The summed E-state index contributed by atoms with van der Waals surface area (Å²) in [4.78, 5) is 13.2. The van der Waals surface area contributed by atoms with Crippen molar-refractivity contribution in [2.24, 2.45) is 0 Å². The fourth-order valence-electron chi connectivity index (χ4n) is 2.23. The van der Waals surface area contributed by atoms with Gasteiger partial charge in [-0.2, -0.15) is 0 Å². The first-order valence-corrected chi connectivity index (χ1v) is 4.10. The second-order valence-corrected chi connectivity index (χ2v) is 3.64. The first kappa shape index (κ1) is 7.25. The van der Waals surface area contributed by atoms with Crippen LogP contribution in [0.2, 0.25) is 0 Å². The monoisotopic (exact) mass is 155 g/mol. The molecule has 2 rings (SSSR count). The molecule has 0 aromatic heterocycles. The Kier molecular flexibility index (Phi) is 1.51. The molecule has 2 aliphatic rings. The summed E-state index contributed by atoms with van der Waals surface area (Å²) in [5.41, 5.74) is 0. The lowest BCUT2D eigenvalue weighted by Gasteiger charge is -2.30. The zero-order valence-corrected chi connectivity index (χ0v) is 6.66. The van der Waals surface area contributed by atoms with Crippen molar-refractivity contribution in [1.29, 1.82) is 0 Å². The van der Waals surface area contributed by atoms with Crippen LogP contribution in [0.4, 0.5) is 0 Å². The van der Waals surface area contributed by atoms with Gasteiger partial charge in [0.05, 0.1) is 6.10 Å². The maximum atomic E-state index is 11.1. The minimum Gasteiger partial charge on any atom is -0.391 e. The molecule has 2 saturated heterocycles. The number of fused-ring (bicyclic) bond motifs is 2. The van der Waals surface area contributed by atoms with Crippen LogP contribution in [0.5, 0.6) is 0 Å². The Labute approximate surface area is 66.0 Å². The van der Waals surface area contributed by atoms with Gasteiger partial charge in [-0.15, -0.1) is 0 Å². The SMILES string of the molecule is CN1C2CC(=O)C[C@H]1CC2O. The van der Waals surface area contributed by atoms with E-state index in [9.17, 15) is 9.90 Å². The Hall–Kier alpha value is -0.410. The molecule has 2 unspecified atom stereocenters. The molecular formula is C8H13NO2. The van der Waals surface area contributed by atoms with Crippen LogP contribution in [0, 0.1) is 0 Å². The molecule has 0 aromatic carbocycles. The highest BCUT2D eigenvalue weighted by molar-refractivity contribution is 5.81. The minimum absolute atomic E-state index is 0.112. The van der Waals surface area contributed by atoms with Crippen LogP contribution in [0.1, 0.15) is 19.3 Å². The van der Waals surface area contributed by atoms with E-state index in [1.54, 1.807) is 0 Å². The van der Waals surface area contributed by atoms with Crippen molar-refractivity contribution in [2.75, 3.05) is 7.05 Å². The van der Waals surface area contributed by atoms with Crippen molar-refractivity contribution < 1.29 is 9.90 Å². The van der Waals surface area contributed by atoms with Crippen molar-refractivity contribution in [1.82, 2.24) is 4.90 Å². The molecule has 11 heavy (non-hydrogen) atoms. The molecule has 1 N–H and O–H groups in total. The van der Waals surface area contributed by atoms with Crippen LogP contribution in [-0.4, -0.2) is 41.0 Å². The van der Waals surface area contributed by atoms with E-state index < -0.39 is 0 Å². The van der Waals surface area contributed by atoms with E-state index >= 15 is 0 Å². The highest BCUT2D eigenvalue weighted by Gasteiger charge is 2.43. The van der Waals surface area contributed by atoms with Gasteiger partial charge in [-0.25, -0.2) is 0 Å². The molecule has 2 heterocycles. The molecular weight excluding hydrogens is 142 g/mol. The van der Waals surface area contributed by atoms with E-state index in [1.165, 1.54) is 0 Å². The number of aliphatic hydroxyl groups excluding tert-OH is 1. The van der Waals surface area contributed by atoms with E-state index in [4.69, 9.17) is 0 Å². The van der Waals surface area contributed by atoms with Crippen LogP contribution in [0.3, 0.4) is 0 Å². The number of nitrogens with zero attached hydrogens (tertiary/aromatic N) is 1. The Bertz CT molecular complexity index is 193. The lowest BCUT2D eigenvalue weighted by molar-refractivity contribution is -0.123. The van der Waals surface area contributed by atoms with Gasteiger partial charge >= 0.3 is 0 Å². The fourth-order valence-corrected chi connectivity index (χ4v) is 2.23. The van der Waals surface area contributed by atoms with Gasteiger partial charge in [0.1, 0.15) is 5.78 Å². The standard InChI is InChI=1S/C8H13NO2/c1-9-5-2-6(10)4-7(9)8(11)3-5/h5,7-8,11H,2-4H2,1H3/t5-,7?,8?/m0/s1. The van der Waals surface area contributed by atoms with Gasteiger partial charge < -0.3 is 5.11 Å². The van der Waals surface area contributed by atoms with Crippen LogP contribution in [-0.2, 0) is 4.79 Å². The summed E-state index contributed by atoms with van der Waals surface area (Å²) in [6.45, 7) is 0. The Morgan fingerprint density at radius 1 is 1.55 bits per heavy atom.